The SMILES string of the molecule is Cc1ccccc1CN1CCN(C(=O)CCc2ncc(-c3ccccc3F)o2)CC1. The lowest BCUT2D eigenvalue weighted by Gasteiger charge is -2.35. The van der Waals surface area contributed by atoms with E-state index < -0.39 is 0 Å². The van der Waals surface area contributed by atoms with Gasteiger partial charge in [-0.1, -0.05) is 36.4 Å². The van der Waals surface area contributed by atoms with Crippen molar-refractivity contribution in [2.45, 2.75) is 26.3 Å². The number of benzene rings is 2. The van der Waals surface area contributed by atoms with Crippen LogP contribution < -0.4 is 0 Å². The van der Waals surface area contributed by atoms with Crippen LogP contribution in [0.15, 0.2) is 59.1 Å². The van der Waals surface area contributed by atoms with Gasteiger partial charge in [-0.15, -0.1) is 0 Å². The predicted octanol–water partition coefficient (Wildman–Crippen LogP) is 4.07. The minimum absolute atomic E-state index is 0.108. The van der Waals surface area contributed by atoms with Gasteiger partial charge < -0.3 is 9.32 Å². The Morgan fingerprint density at radius 3 is 2.57 bits per heavy atom. The number of hydrogen-bond acceptors (Lipinski definition) is 4. The van der Waals surface area contributed by atoms with E-state index in [9.17, 15) is 9.18 Å². The van der Waals surface area contributed by atoms with Crippen molar-refractivity contribution in [2.24, 2.45) is 0 Å². The molecule has 2 aromatic carbocycles. The summed E-state index contributed by atoms with van der Waals surface area (Å²) in [5.41, 5.74) is 3.02. The van der Waals surface area contributed by atoms with E-state index in [1.165, 1.54) is 23.4 Å². The Hall–Kier alpha value is -2.99. The number of piperazine rings is 1. The minimum atomic E-state index is -0.347. The lowest BCUT2D eigenvalue weighted by Crippen LogP contribution is -2.48. The van der Waals surface area contributed by atoms with Crippen LogP contribution in [-0.2, 0) is 17.8 Å². The number of hydrogen-bond donors (Lipinski definition) is 0. The molecule has 0 bridgehead atoms. The first-order valence-corrected chi connectivity index (χ1v) is 10.3. The van der Waals surface area contributed by atoms with E-state index in [2.05, 4.69) is 41.1 Å². The van der Waals surface area contributed by atoms with Gasteiger partial charge in [0.05, 0.1) is 11.8 Å². The first kappa shape index (κ1) is 20.3. The van der Waals surface area contributed by atoms with Crippen molar-refractivity contribution in [3.63, 3.8) is 0 Å². The van der Waals surface area contributed by atoms with Gasteiger partial charge in [0.15, 0.2) is 11.7 Å². The summed E-state index contributed by atoms with van der Waals surface area (Å²) in [7, 11) is 0. The Labute approximate surface area is 176 Å². The number of nitrogens with zero attached hydrogens (tertiary/aromatic N) is 3. The first-order valence-electron chi connectivity index (χ1n) is 10.3. The fraction of sp³-hybridized carbons (Fsp3) is 0.333. The monoisotopic (exact) mass is 407 g/mol. The van der Waals surface area contributed by atoms with Crippen LogP contribution in [0.25, 0.3) is 11.3 Å². The van der Waals surface area contributed by atoms with Crippen LogP contribution in [0.2, 0.25) is 0 Å². The molecule has 0 atom stereocenters. The van der Waals surface area contributed by atoms with Crippen LogP contribution in [0.5, 0.6) is 0 Å². The third-order valence-corrected chi connectivity index (χ3v) is 5.63. The third-order valence-electron chi connectivity index (χ3n) is 5.63. The summed E-state index contributed by atoms with van der Waals surface area (Å²) in [5, 5.41) is 0. The molecule has 0 saturated carbocycles. The predicted molar refractivity (Wildman–Crippen MR) is 113 cm³/mol. The van der Waals surface area contributed by atoms with Gasteiger partial charge in [-0.3, -0.25) is 9.69 Å². The average Bonchev–Trinajstić information content (AvgIpc) is 3.23. The number of amides is 1. The number of aryl methyl sites for hydroxylation is 2. The molecule has 6 heteroatoms. The first-order chi connectivity index (χ1) is 14.6. The quantitative estimate of drug-likeness (QED) is 0.618. The van der Waals surface area contributed by atoms with Crippen LogP contribution in [0, 0.1) is 12.7 Å². The molecule has 1 saturated heterocycles. The molecule has 3 aromatic rings. The molecule has 0 N–H and O–H groups in total. The molecule has 1 amide bonds. The molecule has 4 rings (SSSR count). The van der Waals surface area contributed by atoms with Gasteiger partial charge in [-0.2, -0.15) is 0 Å². The molecule has 156 valence electrons. The Bertz CT molecular complexity index is 1010. The second-order valence-corrected chi connectivity index (χ2v) is 7.68. The maximum absolute atomic E-state index is 13.9. The zero-order valence-electron chi connectivity index (χ0n) is 17.2. The summed E-state index contributed by atoms with van der Waals surface area (Å²) >= 11 is 0. The van der Waals surface area contributed by atoms with E-state index in [1.54, 1.807) is 18.2 Å². The highest BCUT2D eigenvalue weighted by Gasteiger charge is 2.22. The fourth-order valence-corrected chi connectivity index (χ4v) is 3.77. The number of carbonyl (C=O) groups is 1. The van der Waals surface area contributed by atoms with Crippen LogP contribution in [0.3, 0.4) is 0 Å². The highest BCUT2D eigenvalue weighted by molar-refractivity contribution is 5.76. The third kappa shape index (κ3) is 4.76. The highest BCUT2D eigenvalue weighted by Crippen LogP contribution is 2.23. The Morgan fingerprint density at radius 1 is 1.07 bits per heavy atom. The number of halogens is 1. The highest BCUT2D eigenvalue weighted by atomic mass is 19.1. The summed E-state index contributed by atoms with van der Waals surface area (Å²) in [5.74, 6) is 0.608. The second-order valence-electron chi connectivity index (χ2n) is 7.68. The zero-order chi connectivity index (χ0) is 20.9. The van der Waals surface area contributed by atoms with Crippen molar-refractivity contribution in [1.82, 2.24) is 14.8 Å². The van der Waals surface area contributed by atoms with E-state index in [0.717, 1.165) is 32.7 Å². The number of rotatable bonds is 6. The van der Waals surface area contributed by atoms with Gasteiger partial charge in [0.25, 0.3) is 0 Å². The molecular weight excluding hydrogens is 381 g/mol. The fourth-order valence-electron chi connectivity index (χ4n) is 3.77. The summed E-state index contributed by atoms with van der Waals surface area (Å²) in [6, 6.07) is 14.9. The summed E-state index contributed by atoms with van der Waals surface area (Å²) in [4.78, 5) is 21.1. The molecule has 30 heavy (non-hydrogen) atoms. The molecule has 0 unspecified atom stereocenters. The molecular formula is C24H26FN3O2. The van der Waals surface area contributed by atoms with Crippen LogP contribution in [-0.4, -0.2) is 46.9 Å². The van der Waals surface area contributed by atoms with Crippen molar-refractivity contribution in [1.29, 1.82) is 0 Å². The molecule has 1 aliphatic heterocycles. The molecule has 1 aromatic heterocycles. The molecule has 2 heterocycles. The van der Waals surface area contributed by atoms with Crippen molar-refractivity contribution in [3.05, 3.63) is 77.6 Å². The summed E-state index contributed by atoms with van der Waals surface area (Å²) in [6.45, 7) is 6.26. The van der Waals surface area contributed by atoms with E-state index in [-0.39, 0.29) is 11.7 Å². The Balaban J connectivity index is 1.26. The Morgan fingerprint density at radius 2 is 1.80 bits per heavy atom. The standard InChI is InChI=1S/C24H26FN3O2/c1-18-6-2-3-7-19(18)17-27-12-14-28(15-13-27)24(29)11-10-23-26-16-22(30-23)20-8-4-5-9-21(20)25/h2-9,16H,10-15,17H2,1H3. The van der Waals surface area contributed by atoms with Crippen molar-refractivity contribution < 1.29 is 13.6 Å². The minimum Gasteiger partial charge on any atom is -0.441 e. The van der Waals surface area contributed by atoms with Gasteiger partial charge in [-0.05, 0) is 30.2 Å². The molecule has 1 aliphatic rings. The van der Waals surface area contributed by atoms with Crippen molar-refractivity contribution >= 4 is 5.91 Å². The molecule has 1 fully saturated rings. The van der Waals surface area contributed by atoms with Gasteiger partial charge in [0, 0.05) is 45.6 Å². The van der Waals surface area contributed by atoms with Crippen LogP contribution in [0.4, 0.5) is 4.39 Å². The van der Waals surface area contributed by atoms with E-state index >= 15 is 0 Å². The van der Waals surface area contributed by atoms with E-state index in [4.69, 9.17) is 4.42 Å². The largest absolute Gasteiger partial charge is 0.441 e. The average molecular weight is 407 g/mol. The molecule has 0 aliphatic carbocycles. The maximum Gasteiger partial charge on any atom is 0.223 e. The van der Waals surface area contributed by atoms with Gasteiger partial charge in [0.2, 0.25) is 5.91 Å². The summed E-state index contributed by atoms with van der Waals surface area (Å²) in [6.07, 6.45) is 2.27. The normalized spacial score (nSPS) is 14.8. The Kier molecular flexibility index (Phi) is 6.23. The van der Waals surface area contributed by atoms with E-state index in [1.807, 2.05) is 4.90 Å². The smallest absolute Gasteiger partial charge is 0.223 e. The maximum atomic E-state index is 13.9. The number of aromatic nitrogens is 1. The van der Waals surface area contributed by atoms with Gasteiger partial charge >= 0.3 is 0 Å². The van der Waals surface area contributed by atoms with Crippen LogP contribution in [0.1, 0.15) is 23.4 Å². The van der Waals surface area contributed by atoms with Crippen molar-refractivity contribution in [3.8, 4) is 11.3 Å². The van der Waals surface area contributed by atoms with Gasteiger partial charge in [0.1, 0.15) is 5.82 Å². The number of carbonyl (C=O) groups excluding carboxylic acids is 1. The second kappa shape index (κ2) is 9.22. The van der Waals surface area contributed by atoms with E-state index in [0.29, 0.717) is 30.1 Å². The van der Waals surface area contributed by atoms with Gasteiger partial charge in [-0.25, -0.2) is 9.37 Å². The zero-order valence-corrected chi connectivity index (χ0v) is 17.2. The summed E-state index contributed by atoms with van der Waals surface area (Å²) < 4.78 is 19.5. The molecule has 5 nitrogen and oxygen atoms in total. The number of oxazole rings is 1. The molecule has 0 radical (unpaired) electrons. The van der Waals surface area contributed by atoms with Crippen molar-refractivity contribution in [2.75, 3.05) is 26.2 Å². The lowest BCUT2D eigenvalue weighted by atomic mass is 10.1. The topological polar surface area (TPSA) is 49.6 Å². The lowest BCUT2D eigenvalue weighted by molar-refractivity contribution is -0.133. The molecule has 0 spiro atoms. The van der Waals surface area contributed by atoms with Crippen LogP contribution >= 0.6 is 0 Å².